The number of para-hydroxylation sites is 12. The number of rotatable bonds is 16. The molecule has 0 aliphatic rings. The minimum absolute atomic E-state index is 0.179. The van der Waals surface area contributed by atoms with E-state index in [1.54, 1.807) is 26.0 Å². The van der Waals surface area contributed by atoms with Crippen LogP contribution in [0.5, 0.6) is 11.5 Å². The molecule has 28 aromatic rings. The summed E-state index contributed by atoms with van der Waals surface area (Å²) < 4.78 is 28.6. The summed E-state index contributed by atoms with van der Waals surface area (Å²) in [6, 6.07) is 119. The zero-order valence-corrected chi connectivity index (χ0v) is 78.2. The van der Waals surface area contributed by atoms with Crippen LogP contribution >= 0.6 is 0 Å². The van der Waals surface area contributed by atoms with E-state index in [1.165, 1.54) is 48.5 Å². The zero-order chi connectivity index (χ0) is 99.3. The van der Waals surface area contributed by atoms with Crippen molar-refractivity contribution in [2.24, 2.45) is 0 Å². The monoisotopic (exact) mass is 1910 g/mol. The average molecular weight is 1910 g/mol. The van der Waals surface area contributed by atoms with Crippen molar-refractivity contribution >= 4 is 186 Å². The minimum Gasteiger partial charge on any atom is -0.421 e. The molecule has 0 N–H and O–H groups in total. The largest absolute Gasteiger partial charge is 0.421 e. The highest BCUT2D eigenvalue weighted by atomic mass is 16.5. The van der Waals surface area contributed by atoms with Gasteiger partial charge in [0, 0.05) is 82.2 Å². The molecule has 18 aromatic carbocycles. The molecule has 0 bridgehead atoms. The first-order valence-electron chi connectivity index (χ1n) is 48.0. The van der Waals surface area contributed by atoms with Crippen LogP contribution in [-0.4, -0.2) is 57.6 Å². The number of carbonyl (C=O) groups excluding carboxylic acids is 2. The summed E-state index contributed by atoms with van der Waals surface area (Å²) in [5.74, 6) is -2.46. The van der Waals surface area contributed by atoms with E-state index in [4.69, 9.17) is 9.47 Å². The van der Waals surface area contributed by atoms with Crippen molar-refractivity contribution in [3.63, 3.8) is 0 Å². The Kier molecular flexibility index (Phi) is 18.1. The van der Waals surface area contributed by atoms with E-state index in [1.807, 2.05) is 267 Å². The van der Waals surface area contributed by atoms with Gasteiger partial charge in [0.25, 0.3) is 44.5 Å². The highest BCUT2D eigenvalue weighted by molar-refractivity contribution is 6.17. The second-order valence-corrected chi connectivity index (χ2v) is 37.8. The maximum absolute atomic E-state index is 16.6. The molecule has 0 saturated carbocycles. The lowest BCUT2D eigenvalue weighted by atomic mass is 9.77. The highest BCUT2D eigenvalue weighted by Gasteiger charge is 2.36. The summed E-state index contributed by atoms with van der Waals surface area (Å²) in [4.78, 5) is 158. The van der Waals surface area contributed by atoms with E-state index in [0.717, 1.165) is 161 Å². The van der Waals surface area contributed by atoms with Crippen LogP contribution < -0.4 is 53.9 Å². The summed E-state index contributed by atoms with van der Waals surface area (Å²) in [6.45, 7) is 10.8. The fourth-order valence-corrected chi connectivity index (χ4v) is 23.3. The Labute approximate surface area is 828 Å². The predicted molar refractivity (Wildman–Crippen MR) is 585 cm³/mol. The van der Waals surface area contributed by atoms with Crippen molar-refractivity contribution in [1.82, 2.24) is 45.7 Å². The van der Waals surface area contributed by atoms with Gasteiger partial charge in [-0.2, -0.15) is 0 Å². The summed E-state index contributed by atoms with van der Waals surface area (Å²) in [6.07, 6.45) is 1.82. The summed E-state index contributed by atoms with van der Waals surface area (Å²) in [5, 5.41) is 9.53. The molecule has 22 heteroatoms. The summed E-state index contributed by atoms with van der Waals surface area (Å²) in [7, 11) is 0. The Morgan fingerprint density at radius 1 is 0.204 bits per heavy atom. The number of hydrogen-bond acceptors (Lipinski definition) is 12. The number of hydrogen-bond donors (Lipinski definition) is 0. The zero-order valence-electron chi connectivity index (χ0n) is 78.2. The van der Waals surface area contributed by atoms with Crippen molar-refractivity contribution in [1.29, 1.82) is 0 Å². The van der Waals surface area contributed by atoms with Gasteiger partial charge < -0.3 is 36.9 Å². The first-order chi connectivity index (χ1) is 71.8. The van der Waals surface area contributed by atoms with E-state index in [2.05, 4.69) is 89.1 Å². The van der Waals surface area contributed by atoms with Gasteiger partial charge in [0.2, 0.25) is 0 Å². The fraction of sp³-hybridized carbons (Fsp3) is 0.0240. The first-order valence-corrected chi connectivity index (χ1v) is 48.0. The molecule has 0 spiro atoms. The summed E-state index contributed by atoms with van der Waals surface area (Å²) >= 11 is 0. The molecular formula is C125H74N10O12. The maximum Gasteiger partial charge on any atom is 0.335 e. The minimum atomic E-state index is -1.34. The Bertz CT molecular complexity index is 9990. The van der Waals surface area contributed by atoms with E-state index in [-0.39, 0.29) is 77.3 Å². The molecule has 0 aliphatic carbocycles. The van der Waals surface area contributed by atoms with E-state index >= 15 is 38.4 Å². The van der Waals surface area contributed by atoms with Gasteiger partial charge in [-0.05, 0) is 157 Å². The maximum atomic E-state index is 16.6. The molecule has 0 atom stereocenters. The van der Waals surface area contributed by atoms with Crippen molar-refractivity contribution in [2.75, 3.05) is 0 Å². The number of esters is 2. The van der Waals surface area contributed by atoms with Crippen LogP contribution in [-0.2, 0) is 15.0 Å². The molecule has 0 amide bonds. The molecular weight excluding hydrogens is 1830 g/mol. The number of fused-ring (bicyclic) bond motifs is 22. The lowest BCUT2D eigenvalue weighted by molar-refractivity contribution is -0.129. The quantitative estimate of drug-likeness (QED) is 0.0499. The van der Waals surface area contributed by atoms with Crippen LogP contribution in [0.25, 0.3) is 231 Å². The molecule has 22 nitrogen and oxygen atoms in total. The van der Waals surface area contributed by atoms with E-state index in [0.29, 0.717) is 45.3 Å². The predicted octanol–water partition coefficient (Wildman–Crippen LogP) is 23.2. The SMILES string of the molecule is C=CC(=O)Oc1ccc(C(C)(C)c2ccc(OC(=O)C=C)c(-n3c(=O)c4cc5c(=O)n(-c6c(-n7c8ccccc8c8ccccc87)cc(-n7c8ccccc8c8ccccc87)cc6-n6c7ccccc7c7ccccc76)c(=O)c5cc4c3=O)c2)cc1-n1c(=O)c2cc3c(=O)n(-c4c(-n5c6ccccc6c6ccccc65)cc(-n5c6ccccc6c6ccccc65)cc4-n4c5ccccc5c5ccccc54)c(=O)c3cc2c1=O. The van der Waals surface area contributed by atoms with Crippen LogP contribution in [0.1, 0.15) is 25.0 Å². The third kappa shape index (κ3) is 11.9. The number of carbonyl (C=O) groups is 2. The second-order valence-electron chi connectivity index (χ2n) is 37.8. The molecule has 28 rings (SSSR count). The first kappa shape index (κ1) is 84.8. The third-order valence-electron chi connectivity index (χ3n) is 29.9. The van der Waals surface area contributed by atoms with Crippen LogP contribution in [0.15, 0.2) is 440 Å². The Balaban J connectivity index is 0.613. The van der Waals surface area contributed by atoms with Crippen molar-refractivity contribution in [3.05, 3.63) is 495 Å². The molecule has 0 unspecified atom stereocenters. The number of benzene rings is 18. The standard InChI is InChI=1S/C125H74N10O12/c1-5-113(136)146-111-57-55-69(59-105(111)132-117(138)85-65-89-90(66-86(85)118(132)139)122(143)134(121(89)142)115-107(128-97-47-23-11-35-77(97)78-36-12-24-48-98(78)128)61-71(126-93-43-19-7-31-73(93)74-32-8-20-44-94(74)126)62-108(115)129-99-49-25-13-37-79(99)80-38-14-26-50-100(80)129)125(3,4)70-56-58-112(147-114(137)6-2)106(60-70)133-119(140)87-67-91-92(68-88(87)120(133)141)124(145)135(123(91)144)116-109(130-101-51-27-15-39-81(101)82-40-16-28-52-102(82)130)63-72(127-95-45-21-9-33-75(95)76-34-10-22-46-96(76)127)64-110(116)131-103-53-29-17-41-83(103)84-42-18-30-54-104(84)131/h5-68H,1-2H2,3-4H3. The Morgan fingerprint density at radius 3 is 0.571 bits per heavy atom. The van der Waals surface area contributed by atoms with Crippen molar-refractivity contribution in [2.45, 2.75) is 19.3 Å². The Hall–Kier alpha value is -20.3. The lowest BCUT2D eigenvalue weighted by Gasteiger charge is -2.28. The van der Waals surface area contributed by atoms with Crippen LogP contribution in [0.4, 0.5) is 0 Å². The average Bonchev–Trinajstić information content (AvgIpc) is 1.54. The van der Waals surface area contributed by atoms with Crippen LogP contribution in [0, 0.1) is 0 Å². The van der Waals surface area contributed by atoms with Gasteiger partial charge in [-0.3, -0.25) is 38.4 Å². The summed E-state index contributed by atoms with van der Waals surface area (Å²) in [5.41, 5.74) is 5.20. The molecule has 10 heterocycles. The van der Waals surface area contributed by atoms with E-state index in [9.17, 15) is 9.59 Å². The normalized spacial score (nSPS) is 12.2. The number of aromatic nitrogens is 10. The molecule has 0 saturated heterocycles. The molecule has 0 radical (unpaired) electrons. The highest BCUT2D eigenvalue weighted by Crippen LogP contribution is 2.48. The van der Waals surface area contributed by atoms with Gasteiger partial charge in [-0.1, -0.05) is 258 Å². The van der Waals surface area contributed by atoms with Crippen molar-refractivity contribution < 1.29 is 19.1 Å². The fourth-order valence-electron chi connectivity index (χ4n) is 23.3. The number of nitrogens with zero attached hydrogens (tertiary/aromatic N) is 10. The third-order valence-corrected chi connectivity index (χ3v) is 29.9. The molecule has 0 aliphatic heterocycles. The van der Waals surface area contributed by atoms with Crippen LogP contribution in [0.3, 0.4) is 0 Å². The second kappa shape index (κ2) is 31.4. The van der Waals surface area contributed by atoms with Gasteiger partial charge >= 0.3 is 11.9 Å². The van der Waals surface area contributed by atoms with Gasteiger partial charge in [-0.15, -0.1) is 0 Å². The van der Waals surface area contributed by atoms with Gasteiger partial charge in [0.1, 0.15) is 11.4 Å². The molecule has 696 valence electrons. The Morgan fingerprint density at radius 2 is 0.381 bits per heavy atom. The number of ether oxygens (including phenoxy) is 2. The van der Waals surface area contributed by atoms with Gasteiger partial charge in [0.15, 0.2) is 11.5 Å². The van der Waals surface area contributed by atoms with Gasteiger partial charge in [-0.25, -0.2) is 27.9 Å². The van der Waals surface area contributed by atoms with E-state index < -0.39 is 61.8 Å². The molecule has 10 aromatic heterocycles. The van der Waals surface area contributed by atoms with Crippen LogP contribution in [0.2, 0.25) is 0 Å². The molecule has 0 fully saturated rings. The topological polar surface area (TPSA) is 238 Å². The lowest BCUT2D eigenvalue weighted by Crippen LogP contribution is -2.27. The smallest absolute Gasteiger partial charge is 0.335 e. The van der Waals surface area contributed by atoms with Gasteiger partial charge in [0.05, 0.1) is 155 Å². The van der Waals surface area contributed by atoms with Crippen molar-refractivity contribution in [3.8, 4) is 68.4 Å². The molecule has 147 heavy (non-hydrogen) atoms.